The number of thiazole rings is 1. The fraction of sp³-hybridized carbons (Fsp3) is 0.321. The van der Waals surface area contributed by atoms with Gasteiger partial charge in [0.1, 0.15) is 6.61 Å². The molecule has 2 aromatic heterocycles. The fourth-order valence-electron chi connectivity index (χ4n) is 4.07. The zero-order valence-electron chi connectivity index (χ0n) is 22.4. The van der Waals surface area contributed by atoms with Crippen LogP contribution in [-0.2, 0) is 27.8 Å². The van der Waals surface area contributed by atoms with E-state index in [4.69, 9.17) is 10.5 Å². The number of pyridine rings is 1. The van der Waals surface area contributed by atoms with Gasteiger partial charge in [0.2, 0.25) is 0 Å². The molecule has 0 saturated carbocycles. The minimum atomic E-state index is -3.87. The molecule has 1 atom stereocenters. The van der Waals surface area contributed by atoms with Gasteiger partial charge in [0.15, 0.2) is 5.13 Å². The van der Waals surface area contributed by atoms with E-state index in [0.717, 1.165) is 11.1 Å². The van der Waals surface area contributed by atoms with Crippen LogP contribution in [0, 0.1) is 5.92 Å². The first-order valence-corrected chi connectivity index (χ1v) is 15.1. The molecule has 4 aromatic rings. The predicted molar refractivity (Wildman–Crippen MR) is 157 cm³/mol. The molecule has 1 amide bonds. The van der Waals surface area contributed by atoms with Gasteiger partial charge in [-0.1, -0.05) is 43.4 Å². The smallest absolute Gasteiger partial charge is 0.407 e. The van der Waals surface area contributed by atoms with Crippen LogP contribution < -0.4 is 15.4 Å². The molecule has 0 aliphatic carbocycles. The Morgan fingerprint density at radius 1 is 1.15 bits per heavy atom. The number of hydrogen-bond donors (Lipinski definition) is 3. The number of nitrogens with two attached hydrogens (primary N) is 1. The average Bonchev–Trinajstić information content (AvgIpc) is 3.32. The van der Waals surface area contributed by atoms with Crippen molar-refractivity contribution in [2.24, 2.45) is 5.92 Å². The van der Waals surface area contributed by atoms with Crippen molar-refractivity contribution in [3.8, 4) is 0 Å². The first kappa shape index (κ1) is 29.2. The molecular weight excluding hydrogens is 550 g/mol. The minimum Gasteiger partial charge on any atom is -0.445 e. The topological polar surface area (TPSA) is 148 Å². The fourth-order valence-corrected chi connectivity index (χ4v) is 6.57. The lowest BCUT2D eigenvalue weighted by molar-refractivity contribution is 0.123. The third-order valence-electron chi connectivity index (χ3n) is 6.03. The highest BCUT2D eigenvalue weighted by Gasteiger charge is 2.26. The SMILES string of the molecule is CC(C)CN(c1cccc(CCC(O)CNC(=O)OCc2cccnc2)c1)S(=O)(=O)c1ccc2nc(N)sc2c1. The molecule has 0 bridgehead atoms. The molecule has 2 aromatic carbocycles. The number of aryl methyl sites for hydroxylation is 1. The van der Waals surface area contributed by atoms with Crippen LogP contribution in [0.25, 0.3) is 10.2 Å². The van der Waals surface area contributed by atoms with Crippen LogP contribution in [0.15, 0.2) is 71.9 Å². The van der Waals surface area contributed by atoms with Gasteiger partial charge < -0.3 is 20.9 Å². The molecule has 4 N–H and O–H groups in total. The van der Waals surface area contributed by atoms with E-state index in [2.05, 4.69) is 15.3 Å². The molecule has 2 heterocycles. The van der Waals surface area contributed by atoms with Gasteiger partial charge in [0.05, 0.1) is 26.9 Å². The number of carbonyl (C=O) groups is 1. The summed E-state index contributed by atoms with van der Waals surface area (Å²) in [6.07, 6.45) is 2.67. The second kappa shape index (κ2) is 13.1. The normalized spacial score (nSPS) is 12.4. The Balaban J connectivity index is 1.39. The van der Waals surface area contributed by atoms with Gasteiger partial charge >= 0.3 is 6.09 Å². The molecule has 0 aliphatic rings. The van der Waals surface area contributed by atoms with Crippen LogP contribution in [0.3, 0.4) is 0 Å². The Morgan fingerprint density at radius 3 is 2.70 bits per heavy atom. The maximum absolute atomic E-state index is 13.8. The van der Waals surface area contributed by atoms with E-state index in [0.29, 0.717) is 40.4 Å². The molecule has 4 rings (SSSR count). The summed E-state index contributed by atoms with van der Waals surface area (Å²) in [7, 11) is -3.87. The van der Waals surface area contributed by atoms with Crippen LogP contribution in [0.4, 0.5) is 15.6 Å². The van der Waals surface area contributed by atoms with Crippen LogP contribution >= 0.6 is 11.3 Å². The molecule has 0 spiro atoms. The number of aliphatic hydroxyl groups excluding tert-OH is 1. The number of alkyl carbamates (subject to hydrolysis) is 1. The van der Waals surface area contributed by atoms with Crippen LogP contribution in [0.2, 0.25) is 0 Å². The second-order valence-electron chi connectivity index (χ2n) is 9.79. The summed E-state index contributed by atoms with van der Waals surface area (Å²) in [5.41, 5.74) is 8.64. The average molecular weight is 584 g/mol. The molecular formula is C28H33N5O5S2. The summed E-state index contributed by atoms with van der Waals surface area (Å²) < 4.78 is 34.8. The van der Waals surface area contributed by atoms with E-state index in [9.17, 15) is 18.3 Å². The van der Waals surface area contributed by atoms with E-state index in [-0.39, 0.29) is 24.0 Å². The van der Waals surface area contributed by atoms with Gasteiger partial charge in [-0.25, -0.2) is 18.2 Å². The van der Waals surface area contributed by atoms with E-state index >= 15 is 0 Å². The lowest BCUT2D eigenvalue weighted by Crippen LogP contribution is -2.34. The number of benzene rings is 2. The number of aliphatic hydroxyl groups is 1. The highest BCUT2D eigenvalue weighted by molar-refractivity contribution is 7.92. The largest absolute Gasteiger partial charge is 0.445 e. The standard InChI is InChI=1S/C28H33N5O5S2/c1-19(2)17-33(40(36,37)24-10-11-25-26(14-24)39-27(29)32-25)22-7-3-5-20(13-22)8-9-23(34)16-31-28(35)38-18-21-6-4-12-30-15-21/h3-7,10-15,19,23,34H,8-9,16-18H2,1-2H3,(H2,29,32)(H,31,35). The Hall–Kier alpha value is -3.74. The van der Waals surface area contributed by atoms with Crippen LogP contribution in [0.5, 0.6) is 0 Å². The monoisotopic (exact) mass is 583 g/mol. The summed E-state index contributed by atoms with van der Waals surface area (Å²) in [5, 5.41) is 13.4. The Labute approximate surface area is 237 Å². The molecule has 12 heteroatoms. The zero-order chi connectivity index (χ0) is 28.7. The first-order valence-electron chi connectivity index (χ1n) is 12.9. The number of anilines is 2. The number of fused-ring (bicyclic) bond motifs is 1. The minimum absolute atomic E-state index is 0.0317. The van der Waals surface area contributed by atoms with Gasteiger partial charge in [0.25, 0.3) is 10.0 Å². The van der Waals surface area contributed by atoms with Gasteiger partial charge in [-0.05, 0) is 60.7 Å². The third kappa shape index (κ3) is 7.68. The number of nitrogens with zero attached hydrogens (tertiary/aromatic N) is 3. The molecule has 0 radical (unpaired) electrons. The first-order chi connectivity index (χ1) is 19.1. The number of aromatic nitrogens is 2. The molecule has 0 saturated heterocycles. The number of amides is 1. The third-order valence-corrected chi connectivity index (χ3v) is 8.67. The van der Waals surface area contributed by atoms with E-state index in [1.165, 1.54) is 15.6 Å². The van der Waals surface area contributed by atoms with Gasteiger partial charge in [-0.3, -0.25) is 9.29 Å². The van der Waals surface area contributed by atoms with E-state index in [1.54, 1.807) is 54.9 Å². The van der Waals surface area contributed by atoms with Gasteiger partial charge in [-0.2, -0.15) is 0 Å². The van der Waals surface area contributed by atoms with Crippen LogP contribution in [0.1, 0.15) is 31.4 Å². The van der Waals surface area contributed by atoms with E-state index in [1.807, 2.05) is 26.0 Å². The number of hydrogen-bond acceptors (Lipinski definition) is 9. The Kier molecular flexibility index (Phi) is 9.56. The summed E-state index contributed by atoms with van der Waals surface area (Å²) in [4.78, 5) is 20.3. The Bertz CT molecular complexity index is 1540. The number of nitrogens with one attached hydrogen (secondary N) is 1. The highest BCUT2D eigenvalue weighted by atomic mass is 32.2. The zero-order valence-corrected chi connectivity index (χ0v) is 24.0. The molecule has 0 aliphatic heterocycles. The van der Waals surface area contributed by atoms with E-state index < -0.39 is 22.2 Å². The number of ether oxygens (including phenoxy) is 1. The van der Waals surface area contributed by atoms with Crippen LogP contribution in [-0.4, -0.2) is 48.8 Å². The molecule has 10 nitrogen and oxygen atoms in total. The summed E-state index contributed by atoms with van der Waals surface area (Å²) in [6.45, 7) is 4.34. The van der Waals surface area contributed by atoms with Crippen molar-refractivity contribution in [1.82, 2.24) is 15.3 Å². The number of sulfonamides is 1. The summed E-state index contributed by atoms with van der Waals surface area (Å²) in [6, 6.07) is 15.7. The lowest BCUT2D eigenvalue weighted by Gasteiger charge is -2.27. The van der Waals surface area contributed by atoms with Crippen molar-refractivity contribution in [1.29, 1.82) is 0 Å². The molecule has 0 fully saturated rings. The van der Waals surface area contributed by atoms with Crippen molar-refractivity contribution in [3.63, 3.8) is 0 Å². The number of nitrogen functional groups attached to an aromatic ring is 1. The predicted octanol–water partition coefficient (Wildman–Crippen LogP) is 4.34. The maximum atomic E-state index is 13.8. The van der Waals surface area contributed by atoms with Crippen molar-refractivity contribution in [2.75, 3.05) is 23.1 Å². The molecule has 1 unspecified atom stereocenters. The highest BCUT2D eigenvalue weighted by Crippen LogP contribution is 2.30. The van der Waals surface area contributed by atoms with Crippen molar-refractivity contribution in [2.45, 2.75) is 44.3 Å². The lowest BCUT2D eigenvalue weighted by atomic mass is 10.1. The number of rotatable bonds is 12. The van der Waals surface area contributed by atoms with Gasteiger partial charge in [-0.15, -0.1) is 0 Å². The summed E-state index contributed by atoms with van der Waals surface area (Å²) >= 11 is 1.25. The number of carbonyl (C=O) groups excluding carboxylic acids is 1. The second-order valence-corrected chi connectivity index (χ2v) is 12.7. The van der Waals surface area contributed by atoms with Crippen molar-refractivity contribution < 1.29 is 23.1 Å². The van der Waals surface area contributed by atoms with Gasteiger partial charge in [0, 0.05) is 31.0 Å². The Morgan fingerprint density at radius 2 is 1.95 bits per heavy atom. The van der Waals surface area contributed by atoms with Crippen molar-refractivity contribution >= 4 is 48.5 Å². The quantitative estimate of drug-likeness (QED) is 0.223. The van der Waals surface area contributed by atoms with Crippen molar-refractivity contribution in [3.05, 3.63) is 78.1 Å². The summed E-state index contributed by atoms with van der Waals surface area (Å²) in [5.74, 6) is 0.0759. The molecule has 212 valence electrons. The molecule has 40 heavy (non-hydrogen) atoms. The maximum Gasteiger partial charge on any atom is 0.407 e.